The molecule has 0 saturated carbocycles. The van der Waals surface area contributed by atoms with Crippen LogP contribution in [0, 0.1) is 0 Å². The molecule has 0 atom stereocenters. The Kier molecular flexibility index (Phi) is 2.91. The summed E-state index contributed by atoms with van der Waals surface area (Å²) in [6.45, 7) is 0. The first-order valence-electron chi connectivity index (χ1n) is 6.07. The smallest absolute Gasteiger partial charge is 0.138 e. The molecule has 19 heavy (non-hydrogen) atoms. The molecule has 3 rings (SSSR count). The molecule has 1 aromatic heterocycles. The van der Waals surface area contributed by atoms with E-state index >= 15 is 0 Å². The highest BCUT2D eigenvalue weighted by atomic mass is 35.5. The van der Waals surface area contributed by atoms with Gasteiger partial charge in [0.1, 0.15) is 11.3 Å². The molecule has 0 saturated heterocycles. The average molecular weight is 272 g/mol. The molecule has 0 aliphatic rings. The molecule has 0 fully saturated rings. The van der Waals surface area contributed by atoms with Gasteiger partial charge >= 0.3 is 0 Å². The Morgan fingerprint density at radius 3 is 2.42 bits per heavy atom. The molecule has 2 aromatic carbocycles. The predicted octanol–water partition coefficient (Wildman–Crippen LogP) is 3.95. The highest BCUT2D eigenvalue weighted by Gasteiger charge is 2.07. The number of nitrogens with zero attached hydrogens (tertiary/aromatic N) is 2. The van der Waals surface area contributed by atoms with Gasteiger partial charge in [0.25, 0.3) is 0 Å². The van der Waals surface area contributed by atoms with Crippen LogP contribution < -0.4 is 4.90 Å². The maximum Gasteiger partial charge on any atom is 0.138 e. The Bertz CT molecular complexity index is 714. The molecule has 0 bridgehead atoms. The van der Waals surface area contributed by atoms with Crippen molar-refractivity contribution in [3.63, 3.8) is 0 Å². The molecule has 96 valence electrons. The van der Waals surface area contributed by atoms with Crippen molar-refractivity contribution in [3.8, 4) is 11.4 Å². The fourth-order valence-electron chi connectivity index (χ4n) is 2.05. The second-order valence-corrected chi connectivity index (χ2v) is 5.07. The van der Waals surface area contributed by atoms with E-state index in [0.717, 1.165) is 28.1 Å². The van der Waals surface area contributed by atoms with E-state index in [1.807, 2.05) is 32.3 Å². The predicted molar refractivity (Wildman–Crippen MR) is 80.9 cm³/mol. The van der Waals surface area contributed by atoms with Gasteiger partial charge in [0.05, 0.1) is 10.5 Å². The third kappa shape index (κ3) is 2.17. The normalized spacial score (nSPS) is 10.9. The lowest BCUT2D eigenvalue weighted by Crippen LogP contribution is -2.07. The third-order valence-corrected chi connectivity index (χ3v) is 3.43. The Labute approximate surface area is 116 Å². The maximum absolute atomic E-state index is 6.14. The number of anilines is 1. The Morgan fingerprint density at radius 1 is 1.05 bits per heavy atom. The number of nitrogens with one attached hydrogen (secondary N) is 1. The number of aromatic amines is 1. The molecular formula is C15H14ClN3. The molecule has 0 amide bonds. The van der Waals surface area contributed by atoms with Crippen LogP contribution in [0.1, 0.15) is 0 Å². The van der Waals surface area contributed by atoms with Crippen molar-refractivity contribution in [2.45, 2.75) is 0 Å². The number of H-pyrrole nitrogens is 1. The summed E-state index contributed by atoms with van der Waals surface area (Å²) in [6, 6.07) is 14.0. The topological polar surface area (TPSA) is 31.9 Å². The number of aromatic nitrogens is 2. The van der Waals surface area contributed by atoms with Gasteiger partial charge in [-0.3, -0.25) is 0 Å². The zero-order chi connectivity index (χ0) is 13.4. The van der Waals surface area contributed by atoms with Crippen molar-refractivity contribution in [2.75, 3.05) is 19.0 Å². The monoisotopic (exact) mass is 271 g/mol. The van der Waals surface area contributed by atoms with E-state index in [0.29, 0.717) is 5.02 Å². The first-order valence-corrected chi connectivity index (χ1v) is 6.45. The molecule has 0 aliphatic heterocycles. The number of imidazole rings is 1. The van der Waals surface area contributed by atoms with Crippen molar-refractivity contribution in [1.82, 2.24) is 9.97 Å². The number of hydrogen-bond acceptors (Lipinski definition) is 2. The number of hydrogen-bond donors (Lipinski definition) is 1. The minimum Gasteiger partial charge on any atom is -0.378 e. The fraction of sp³-hybridized carbons (Fsp3) is 0.133. The van der Waals surface area contributed by atoms with Crippen molar-refractivity contribution >= 4 is 28.3 Å². The van der Waals surface area contributed by atoms with Crippen LogP contribution in [-0.4, -0.2) is 24.1 Å². The highest BCUT2D eigenvalue weighted by Crippen LogP contribution is 2.26. The number of fused-ring (bicyclic) bond motifs is 1. The van der Waals surface area contributed by atoms with Gasteiger partial charge in [-0.15, -0.1) is 0 Å². The molecule has 3 nitrogen and oxygen atoms in total. The van der Waals surface area contributed by atoms with Gasteiger partial charge in [0.15, 0.2) is 0 Å². The summed E-state index contributed by atoms with van der Waals surface area (Å²) < 4.78 is 0. The van der Waals surface area contributed by atoms with Crippen molar-refractivity contribution in [2.24, 2.45) is 0 Å². The zero-order valence-electron chi connectivity index (χ0n) is 10.8. The molecule has 1 N–H and O–H groups in total. The van der Waals surface area contributed by atoms with Gasteiger partial charge in [0.2, 0.25) is 0 Å². The van der Waals surface area contributed by atoms with Crippen molar-refractivity contribution in [1.29, 1.82) is 0 Å². The Morgan fingerprint density at radius 2 is 1.79 bits per heavy atom. The van der Waals surface area contributed by atoms with Crippen LogP contribution in [0.5, 0.6) is 0 Å². The first kappa shape index (κ1) is 12.1. The molecule has 0 radical (unpaired) electrons. The van der Waals surface area contributed by atoms with E-state index in [2.05, 4.69) is 39.1 Å². The quantitative estimate of drug-likeness (QED) is 0.765. The van der Waals surface area contributed by atoms with Gasteiger partial charge in [0, 0.05) is 25.3 Å². The van der Waals surface area contributed by atoms with Crippen LogP contribution in [0.4, 0.5) is 5.69 Å². The lowest BCUT2D eigenvalue weighted by Gasteiger charge is -2.11. The average Bonchev–Trinajstić information content (AvgIpc) is 2.84. The molecule has 0 aliphatic carbocycles. The van der Waals surface area contributed by atoms with Crippen LogP contribution in [0.25, 0.3) is 22.4 Å². The lowest BCUT2D eigenvalue weighted by atomic mass is 10.2. The molecule has 3 aromatic rings. The zero-order valence-corrected chi connectivity index (χ0v) is 11.6. The number of benzene rings is 2. The number of halogens is 1. The molecular weight excluding hydrogens is 258 g/mol. The SMILES string of the molecule is CN(C)c1ccc(-c2nc3c(Cl)cccc3[nH]2)cc1. The van der Waals surface area contributed by atoms with E-state index < -0.39 is 0 Å². The van der Waals surface area contributed by atoms with Crippen LogP contribution in [0.2, 0.25) is 5.02 Å². The van der Waals surface area contributed by atoms with Crippen LogP contribution in [0.15, 0.2) is 42.5 Å². The standard InChI is InChI=1S/C15H14ClN3/c1-19(2)11-8-6-10(7-9-11)15-17-13-5-3-4-12(16)14(13)18-15/h3-9H,1-2H3,(H,17,18). The first-order chi connectivity index (χ1) is 9.15. The van der Waals surface area contributed by atoms with Gasteiger partial charge in [-0.1, -0.05) is 17.7 Å². The van der Waals surface area contributed by atoms with E-state index in [9.17, 15) is 0 Å². The highest BCUT2D eigenvalue weighted by molar-refractivity contribution is 6.34. The van der Waals surface area contributed by atoms with Gasteiger partial charge in [-0.2, -0.15) is 0 Å². The molecule has 4 heteroatoms. The summed E-state index contributed by atoms with van der Waals surface area (Å²) in [5.74, 6) is 0.841. The van der Waals surface area contributed by atoms with E-state index in [1.54, 1.807) is 0 Å². The second kappa shape index (κ2) is 4.59. The molecule has 0 unspecified atom stereocenters. The maximum atomic E-state index is 6.14. The number of para-hydroxylation sites is 1. The summed E-state index contributed by atoms with van der Waals surface area (Å²) in [7, 11) is 4.05. The minimum atomic E-state index is 0.671. The Hall–Kier alpha value is -2.00. The molecule has 0 spiro atoms. The van der Waals surface area contributed by atoms with E-state index in [4.69, 9.17) is 11.6 Å². The summed E-state index contributed by atoms with van der Waals surface area (Å²) in [6.07, 6.45) is 0. The van der Waals surface area contributed by atoms with Crippen molar-refractivity contribution in [3.05, 3.63) is 47.5 Å². The largest absolute Gasteiger partial charge is 0.378 e. The lowest BCUT2D eigenvalue weighted by molar-refractivity contribution is 1.13. The summed E-state index contributed by atoms with van der Waals surface area (Å²) in [5, 5.41) is 0.671. The summed E-state index contributed by atoms with van der Waals surface area (Å²) >= 11 is 6.14. The van der Waals surface area contributed by atoms with Gasteiger partial charge in [-0.25, -0.2) is 4.98 Å². The van der Waals surface area contributed by atoms with E-state index in [1.165, 1.54) is 0 Å². The fourth-order valence-corrected chi connectivity index (χ4v) is 2.27. The van der Waals surface area contributed by atoms with E-state index in [-0.39, 0.29) is 0 Å². The van der Waals surface area contributed by atoms with Gasteiger partial charge < -0.3 is 9.88 Å². The number of rotatable bonds is 2. The second-order valence-electron chi connectivity index (χ2n) is 4.66. The van der Waals surface area contributed by atoms with Gasteiger partial charge in [-0.05, 0) is 36.4 Å². The van der Waals surface area contributed by atoms with Crippen LogP contribution in [0.3, 0.4) is 0 Å². The minimum absolute atomic E-state index is 0.671. The summed E-state index contributed by atoms with van der Waals surface area (Å²) in [4.78, 5) is 9.92. The Balaban J connectivity index is 2.06. The third-order valence-electron chi connectivity index (χ3n) is 3.12. The van der Waals surface area contributed by atoms with Crippen molar-refractivity contribution < 1.29 is 0 Å². The summed E-state index contributed by atoms with van der Waals surface area (Å²) in [5.41, 5.74) is 3.99. The molecule has 1 heterocycles. The van der Waals surface area contributed by atoms with Crippen LogP contribution in [-0.2, 0) is 0 Å². The van der Waals surface area contributed by atoms with Crippen LogP contribution >= 0.6 is 11.6 Å².